The van der Waals surface area contributed by atoms with Gasteiger partial charge in [-0.3, -0.25) is 4.79 Å². The van der Waals surface area contributed by atoms with Crippen LogP contribution in [0.1, 0.15) is 31.2 Å². The molecule has 1 saturated heterocycles. The van der Waals surface area contributed by atoms with Crippen LogP contribution in [0.4, 0.5) is 0 Å². The van der Waals surface area contributed by atoms with E-state index >= 15 is 0 Å². The summed E-state index contributed by atoms with van der Waals surface area (Å²) in [6.45, 7) is 2.77. The average Bonchev–Trinajstić information content (AvgIpc) is 3.15. The summed E-state index contributed by atoms with van der Waals surface area (Å²) >= 11 is 0. The average molecular weight is 357 g/mol. The summed E-state index contributed by atoms with van der Waals surface area (Å²) in [5.41, 5.74) is 0.990. The minimum absolute atomic E-state index is 0.0273. The Bertz CT molecular complexity index is 819. The zero-order valence-corrected chi connectivity index (χ0v) is 15.2. The van der Waals surface area contributed by atoms with Gasteiger partial charge < -0.3 is 4.90 Å². The van der Waals surface area contributed by atoms with Gasteiger partial charge in [0.2, 0.25) is 5.91 Å². The van der Waals surface area contributed by atoms with E-state index in [1.165, 1.54) is 0 Å². The molecule has 2 aromatic rings. The Morgan fingerprint density at radius 2 is 1.68 bits per heavy atom. The molecule has 0 radical (unpaired) electrons. The molecule has 0 aromatic heterocycles. The second-order valence-corrected chi connectivity index (χ2v) is 8.65. The molecule has 132 valence electrons. The number of hydrogen-bond donors (Lipinski definition) is 0. The number of carbonyl (C=O) groups excluding carboxylic acids is 1. The maximum Gasteiger partial charge on any atom is 0.230 e. The van der Waals surface area contributed by atoms with Crippen LogP contribution in [0.3, 0.4) is 0 Å². The molecule has 4 nitrogen and oxygen atoms in total. The highest BCUT2D eigenvalue weighted by atomic mass is 32.2. The van der Waals surface area contributed by atoms with Crippen molar-refractivity contribution in [3.63, 3.8) is 0 Å². The fraction of sp³-hybridized carbons (Fsp3) is 0.350. The molecule has 1 fully saturated rings. The predicted octanol–water partition coefficient (Wildman–Crippen LogP) is 3.26. The fourth-order valence-electron chi connectivity index (χ4n) is 3.44. The quantitative estimate of drug-likeness (QED) is 0.825. The van der Waals surface area contributed by atoms with E-state index in [9.17, 15) is 13.2 Å². The highest BCUT2D eigenvalue weighted by Crippen LogP contribution is 2.28. The molecule has 5 heteroatoms. The summed E-state index contributed by atoms with van der Waals surface area (Å²) in [7, 11) is -3.40. The molecule has 0 N–H and O–H groups in total. The smallest absolute Gasteiger partial charge is 0.230 e. The number of amides is 1. The number of rotatable bonds is 5. The minimum atomic E-state index is -3.40. The maximum absolute atomic E-state index is 12.9. The van der Waals surface area contributed by atoms with Gasteiger partial charge in [-0.15, -0.1) is 0 Å². The summed E-state index contributed by atoms with van der Waals surface area (Å²) in [5, 5.41) is -0.521. The van der Waals surface area contributed by atoms with Crippen LogP contribution in [0.2, 0.25) is 0 Å². The molecular weight excluding hydrogens is 334 g/mol. The van der Waals surface area contributed by atoms with Crippen LogP contribution in [-0.2, 0) is 14.6 Å². The minimum Gasteiger partial charge on any atom is -0.341 e. The molecule has 0 bridgehead atoms. The lowest BCUT2D eigenvalue weighted by Gasteiger charge is -2.23. The monoisotopic (exact) mass is 357 g/mol. The zero-order chi connectivity index (χ0) is 17.9. The van der Waals surface area contributed by atoms with Crippen LogP contribution in [-0.4, -0.2) is 37.6 Å². The van der Waals surface area contributed by atoms with Gasteiger partial charge in [0.1, 0.15) is 0 Å². The molecule has 1 aliphatic heterocycles. The van der Waals surface area contributed by atoms with Crippen molar-refractivity contribution in [1.82, 2.24) is 4.90 Å². The molecule has 2 aromatic carbocycles. The van der Waals surface area contributed by atoms with Crippen LogP contribution < -0.4 is 0 Å². The number of sulfone groups is 1. The zero-order valence-electron chi connectivity index (χ0n) is 14.3. The van der Waals surface area contributed by atoms with E-state index < -0.39 is 15.1 Å². The van der Waals surface area contributed by atoms with Gasteiger partial charge in [-0.25, -0.2) is 8.42 Å². The Morgan fingerprint density at radius 1 is 1.08 bits per heavy atom. The van der Waals surface area contributed by atoms with Crippen LogP contribution in [0.5, 0.6) is 0 Å². The first kappa shape index (κ1) is 17.7. The Morgan fingerprint density at radius 3 is 2.28 bits per heavy atom. The van der Waals surface area contributed by atoms with E-state index in [1.807, 2.05) is 37.3 Å². The van der Waals surface area contributed by atoms with Crippen molar-refractivity contribution >= 4 is 15.7 Å². The maximum atomic E-state index is 12.9. The summed E-state index contributed by atoms with van der Waals surface area (Å²) in [4.78, 5) is 15.0. The number of nitrogens with zero attached hydrogens (tertiary/aromatic N) is 1. The summed E-state index contributed by atoms with van der Waals surface area (Å²) in [6.07, 6.45) is 1.20. The molecule has 1 amide bonds. The van der Waals surface area contributed by atoms with Crippen molar-refractivity contribution in [3.8, 4) is 0 Å². The molecule has 25 heavy (non-hydrogen) atoms. The van der Waals surface area contributed by atoms with Crippen molar-refractivity contribution in [1.29, 1.82) is 0 Å². The van der Waals surface area contributed by atoms with Gasteiger partial charge in [0.15, 0.2) is 9.84 Å². The molecule has 0 saturated carbocycles. The lowest BCUT2D eigenvalue weighted by Crippen LogP contribution is -2.35. The number of likely N-dealkylation sites (tertiary alicyclic amines) is 1. The van der Waals surface area contributed by atoms with E-state index in [-0.39, 0.29) is 18.4 Å². The molecule has 2 atom stereocenters. The fourth-order valence-corrected chi connectivity index (χ4v) is 5.16. The first-order valence-electron chi connectivity index (χ1n) is 8.66. The third-order valence-corrected chi connectivity index (χ3v) is 7.07. The Kier molecular flexibility index (Phi) is 5.23. The summed E-state index contributed by atoms with van der Waals surface area (Å²) in [6, 6.07) is 18.2. The van der Waals surface area contributed by atoms with E-state index in [4.69, 9.17) is 0 Å². The van der Waals surface area contributed by atoms with Crippen molar-refractivity contribution < 1.29 is 13.2 Å². The second-order valence-electron chi connectivity index (χ2n) is 6.42. The van der Waals surface area contributed by atoms with Gasteiger partial charge in [0, 0.05) is 13.1 Å². The first-order valence-corrected chi connectivity index (χ1v) is 10.2. The van der Waals surface area contributed by atoms with E-state index in [0.717, 1.165) is 5.56 Å². The number of carbonyl (C=O) groups is 1. The SMILES string of the molecule is CCC(C(=O)N1CCC(S(=O)(=O)c2ccccc2)C1)c1ccccc1. The second kappa shape index (κ2) is 7.40. The van der Waals surface area contributed by atoms with Crippen LogP contribution in [0.15, 0.2) is 65.6 Å². The van der Waals surface area contributed by atoms with Gasteiger partial charge in [-0.1, -0.05) is 55.5 Å². The van der Waals surface area contributed by atoms with Gasteiger partial charge in [-0.05, 0) is 30.5 Å². The van der Waals surface area contributed by atoms with Crippen molar-refractivity contribution in [2.24, 2.45) is 0 Å². The lowest BCUT2D eigenvalue weighted by atomic mass is 9.95. The van der Waals surface area contributed by atoms with Crippen molar-refractivity contribution in [2.45, 2.75) is 35.8 Å². The summed E-state index contributed by atoms with van der Waals surface area (Å²) in [5.74, 6) is -0.182. The van der Waals surface area contributed by atoms with Gasteiger partial charge in [0.05, 0.1) is 16.1 Å². The molecule has 1 heterocycles. The molecule has 3 rings (SSSR count). The molecular formula is C20H23NO3S. The number of hydrogen-bond acceptors (Lipinski definition) is 3. The molecule has 0 aliphatic carbocycles. The van der Waals surface area contributed by atoms with E-state index in [0.29, 0.717) is 24.3 Å². The Labute approximate surface area is 149 Å². The highest BCUT2D eigenvalue weighted by Gasteiger charge is 2.37. The third kappa shape index (κ3) is 3.61. The van der Waals surface area contributed by atoms with Crippen LogP contribution in [0, 0.1) is 0 Å². The first-order chi connectivity index (χ1) is 12.0. The Hall–Kier alpha value is -2.14. The van der Waals surface area contributed by atoms with Crippen molar-refractivity contribution in [3.05, 3.63) is 66.2 Å². The normalized spacial score (nSPS) is 18.9. The van der Waals surface area contributed by atoms with Gasteiger partial charge >= 0.3 is 0 Å². The van der Waals surface area contributed by atoms with Crippen molar-refractivity contribution in [2.75, 3.05) is 13.1 Å². The Balaban J connectivity index is 1.75. The molecule has 1 aliphatic rings. The summed E-state index contributed by atoms with van der Waals surface area (Å²) < 4.78 is 25.5. The van der Waals surface area contributed by atoms with Gasteiger partial charge in [-0.2, -0.15) is 0 Å². The number of benzene rings is 2. The lowest BCUT2D eigenvalue weighted by molar-refractivity contribution is -0.131. The molecule has 2 unspecified atom stereocenters. The van der Waals surface area contributed by atoms with Crippen LogP contribution >= 0.6 is 0 Å². The predicted molar refractivity (Wildman–Crippen MR) is 98.1 cm³/mol. The van der Waals surface area contributed by atoms with Gasteiger partial charge in [0.25, 0.3) is 0 Å². The largest absolute Gasteiger partial charge is 0.341 e. The van der Waals surface area contributed by atoms with E-state index in [2.05, 4.69) is 0 Å². The third-order valence-electron chi connectivity index (χ3n) is 4.88. The highest BCUT2D eigenvalue weighted by molar-refractivity contribution is 7.92. The topological polar surface area (TPSA) is 54.5 Å². The molecule has 0 spiro atoms. The standard InChI is InChI=1S/C20H23NO3S/c1-2-19(16-9-5-3-6-10-16)20(22)21-14-13-18(15-21)25(23,24)17-11-7-4-8-12-17/h3-12,18-19H,2,13-15H2,1H3. The van der Waals surface area contributed by atoms with E-state index in [1.54, 1.807) is 35.2 Å². The van der Waals surface area contributed by atoms with Crippen LogP contribution in [0.25, 0.3) is 0 Å².